The molecule has 3 rings (SSSR count). The lowest BCUT2D eigenvalue weighted by molar-refractivity contribution is 0.0493. The normalized spacial score (nSPS) is 24.9. The summed E-state index contributed by atoms with van der Waals surface area (Å²) in [5.41, 5.74) is 0. The molecule has 8 nitrogen and oxygen atoms in total. The fourth-order valence-corrected chi connectivity index (χ4v) is 3.33. The molecule has 1 aromatic heterocycles. The zero-order chi connectivity index (χ0) is 16.9. The maximum atomic E-state index is 12.8. The molecule has 0 unspecified atom stereocenters. The number of aromatic nitrogens is 3. The number of urea groups is 1. The molecule has 2 amide bonds. The van der Waals surface area contributed by atoms with Gasteiger partial charge >= 0.3 is 6.03 Å². The van der Waals surface area contributed by atoms with Gasteiger partial charge in [0, 0.05) is 33.4 Å². The Kier molecular flexibility index (Phi) is 5.68. The van der Waals surface area contributed by atoms with Crippen LogP contribution >= 0.6 is 0 Å². The first-order valence-corrected chi connectivity index (χ1v) is 8.76. The van der Waals surface area contributed by atoms with Crippen molar-refractivity contribution in [2.24, 2.45) is 7.05 Å². The second kappa shape index (κ2) is 7.94. The zero-order valence-electron chi connectivity index (χ0n) is 14.5. The van der Waals surface area contributed by atoms with E-state index < -0.39 is 0 Å². The van der Waals surface area contributed by atoms with Gasteiger partial charge in [0.25, 0.3) is 0 Å². The van der Waals surface area contributed by atoms with E-state index in [4.69, 9.17) is 9.47 Å². The van der Waals surface area contributed by atoms with Crippen LogP contribution in [0.4, 0.5) is 4.79 Å². The number of amides is 2. The van der Waals surface area contributed by atoms with E-state index in [9.17, 15) is 4.79 Å². The molecule has 0 aromatic carbocycles. The van der Waals surface area contributed by atoms with Crippen LogP contribution in [-0.4, -0.2) is 64.2 Å². The van der Waals surface area contributed by atoms with E-state index in [0.717, 1.165) is 44.7 Å². The molecular weight excluding hydrogens is 310 g/mol. The lowest BCUT2D eigenvalue weighted by atomic mass is 10.2. The Bertz CT molecular complexity index is 520. The predicted octanol–water partition coefficient (Wildman–Crippen LogP) is 1.25. The summed E-state index contributed by atoms with van der Waals surface area (Å²) in [6.45, 7) is 4.71. The standard InChI is InChI=1S/C16H27N5O3/c1-12(15-19-17-11-20(15)2)18-16(22)21(9-13-5-3-7-23-13)10-14-6-4-8-24-14/h11-14H,3-10H2,1-2H3,(H,18,22)/t12-,13-,14+/m0/s1. The van der Waals surface area contributed by atoms with E-state index in [0.29, 0.717) is 13.1 Å². The molecule has 2 saturated heterocycles. The highest BCUT2D eigenvalue weighted by atomic mass is 16.5. The van der Waals surface area contributed by atoms with Gasteiger partial charge in [-0.05, 0) is 32.6 Å². The van der Waals surface area contributed by atoms with E-state index in [-0.39, 0.29) is 24.3 Å². The lowest BCUT2D eigenvalue weighted by Gasteiger charge is -2.29. The smallest absolute Gasteiger partial charge is 0.318 e. The SMILES string of the molecule is C[C@H](NC(=O)N(C[C@H]1CCCO1)C[C@@H]1CCCO1)c1nncn1C. The minimum absolute atomic E-state index is 0.100. The van der Waals surface area contributed by atoms with Gasteiger partial charge in [-0.1, -0.05) is 0 Å². The second-order valence-corrected chi connectivity index (χ2v) is 6.65. The molecule has 0 aliphatic carbocycles. The van der Waals surface area contributed by atoms with Crippen LogP contribution < -0.4 is 5.32 Å². The van der Waals surface area contributed by atoms with Crippen LogP contribution in [0.25, 0.3) is 0 Å². The van der Waals surface area contributed by atoms with E-state index in [1.54, 1.807) is 6.33 Å². The number of hydrogen-bond acceptors (Lipinski definition) is 5. The first-order chi connectivity index (χ1) is 11.6. The molecule has 24 heavy (non-hydrogen) atoms. The largest absolute Gasteiger partial charge is 0.376 e. The fourth-order valence-electron chi connectivity index (χ4n) is 3.33. The Labute approximate surface area is 142 Å². The van der Waals surface area contributed by atoms with Gasteiger partial charge in [-0.25, -0.2) is 4.79 Å². The van der Waals surface area contributed by atoms with Crippen LogP contribution in [0.3, 0.4) is 0 Å². The van der Waals surface area contributed by atoms with Gasteiger partial charge in [-0.3, -0.25) is 0 Å². The van der Waals surface area contributed by atoms with Crippen molar-refractivity contribution < 1.29 is 14.3 Å². The Morgan fingerprint density at radius 2 is 1.96 bits per heavy atom. The molecule has 8 heteroatoms. The summed E-state index contributed by atoms with van der Waals surface area (Å²) in [6.07, 6.45) is 6.03. The molecule has 3 atom stereocenters. The number of aryl methyl sites for hydroxylation is 1. The maximum Gasteiger partial charge on any atom is 0.318 e. The van der Waals surface area contributed by atoms with Crippen LogP contribution in [0.2, 0.25) is 0 Å². The number of hydrogen-bond donors (Lipinski definition) is 1. The molecule has 0 radical (unpaired) electrons. The van der Waals surface area contributed by atoms with Crippen molar-refractivity contribution in [1.29, 1.82) is 0 Å². The summed E-state index contributed by atoms with van der Waals surface area (Å²) < 4.78 is 13.2. The van der Waals surface area contributed by atoms with E-state index in [2.05, 4.69) is 15.5 Å². The summed E-state index contributed by atoms with van der Waals surface area (Å²) >= 11 is 0. The van der Waals surface area contributed by atoms with E-state index in [1.165, 1.54) is 0 Å². The molecule has 1 aromatic rings. The van der Waals surface area contributed by atoms with Crippen molar-refractivity contribution in [3.8, 4) is 0 Å². The first-order valence-electron chi connectivity index (χ1n) is 8.76. The van der Waals surface area contributed by atoms with Crippen LogP contribution in [-0.2, 0) is 16.5 Å². The molecule has 2 aliphatic rings. The number of nitrogens with one attached hydrogen (secondary N) is 1. The summed E-state index contributed by atoms with van der Waals surface area (Å²) in [5.74, 6) is 0.734. The lowest BCUT2D eigenvalue weighted by Crippen LogP contribution is -2.47. The van der Waals surface area contributed by atoms with Crippen LogP contribution in [0.15, 0.2) is 6.33 Å². The predicted molar refractivity (Wildman–Crippen MR) is 87.5 cm³/mol. The molecule has 0 spiro atoms. The summed E-state index contributed by atoms with van der Waals surface area (Å²) in [6, 6.07) is -0.307. The minimum atomic E-state index is -0.207. The van der Waals surface area contributed by atoms with Crippen LogP contribution in [0.5, 0.6) is 0 Å². The van der Waals surface area contributed by atoms with Gasteiger partial charge < -0.3 is 24.3 Å². The van der Waals surface area contributed by atoms with Gasteiger partial charge in [0.15, 0.2) is 5.82 Å². The number of rotatable bonds is 6. The summed E-state index contributed by atoms with van der Waals surface area (Å²) in [5, 5.41) is 11.0. The van der Waals surface area contributed by atoms with Crippen molar-refractivity contribution >= 4 is 6.03 Å². The van der Waals surface area contributed by atoms with Crippen LogP contribution in [0.1, 0.15) is 44.5 Å². The summed E-state index contributed by atoms with van der Waals surface area (Å²) in [7, 11) is 1.87. The minimum Gasteiger partial charge on any atom is -0.376 e. The summed E-state index contributed by atoms with van der Waals surface area (Å²) in [4.78, 5) is 14.6. The first kappa shape index (κ1) is 17.2. The third-order valence-corrected chi connectivity index (χ3v) is 4.66. The quantitative estimate of drug-likeness (QED) is 0.845. The van der Waals surface area contributed by atoms with E-state index in [1.807, 2.05) is 23.4 Å². The number of ether oxygens (including phenoxy) is 2. The Morgan fingerprint density at radius 1 is 1.33 bits per heavy atom. The highest BCUT2D eigenvalue weighted by Gasteiger charge is 2.28. The Morgan fingerprint density at radius 3 is 2.42 bits per heavy atom. The van der Waals surface area contributed by atoms with Crippen molar-refractivity contribution in [3.05, 3.63) is 12.2 Å². The van der Waals surface area contributed by atoms with Crippen molar-refractivity contribution in [3.63, 3.8) is 0 Å². The van der Waals surface area contributed by atoms with Crippen molar-refractivity contribution in [1.82, 2.24) is 25.0 Å². The number of carbonyl (C=O) groups is 1. The van der Waals surface area contributed by atoms with Crippen molar-refractivity contribution in [2.45, 2.75) is 50.9 Å². The second-order valence-electron chi connectivity index (χ2n) is 6.65. The van der Waals surface area contributed by atoms with Gasteiger partial charge in [-0.15, -0.1) is 10.2 Å². The monoisotopic (exact) mass is 337 g/mol. The number of carbonyl (C=O) groups excluding carboxylic acids is 1. The maximum absolute atomic E-state index is 12.8. The van der Waals surface area contributed by atoms with Gasteiger partial charge in [0.2, 0.25) is 0 Å². The van der Waals surface area contributed by atoms with E-state index >= 15 is 0 Å². The third kappa shape index (κ3) is 4.24. The number of nitrogens with zero attached hydrogens (tertiary/aromatic N) is 4. The third-order valence-electron chi connectivity index (χ3n) is 4.66. The molecule has 0 saturated carbocycles. The highest BCUT2D eigenvalue weighted by Crippen LogP contribution is 2.18. The highest BCUT2D eigenvalue weighted by molar-refractivity contribution is 5.74. The van der Waals surface area contributed by atoms with Gasteiger partial charge in [-0.2, -0.15) is 0 Å². The Balaban J connectivity index is 1.61. The molecule has 2 aliphatic heterocycles. The van der Waals surface area contributed by atoms with Crippen molar-refractivity contribution in [2.75, 3.05) is 26.3 Å². The topological polar surface area (TPSA) is 81.5 Å². The molecule has 2 fully saturated rings. The zero-order valence-corrected chi connectivity index (χ0v) is 14.5. The molecule has 134 valence electrons. The average molecular weight is 337 g/mol. The van der Waals surface area contributed by atoms with Gasteiger partial charge in [0.05, 0.1) is 18.2 Å². The molecular formula is C16H27N5O3. The average Bonchev–Trinajstić information content (AvgIpc) is 3.28. The molecule has 0 bridgehead atoms. The molecule has 3 heterocycles. The fraction of sp³-hybridized carbons (Fsp3) is 0.812. The van der Waals surface area contributed by atoms with Gasteiger partial charge in [0.1, 0.15) is 6.33 Å². The van der Waals surface area contributed by atoms with Crippen LogP contribution in [0, 0.1) is 0 Å². The Hall–Kier alpha value is -1.67. The molecule has 1 N–H and O–H groups in total.